The van der Waals surface area contributed by atoms with E-state index in [1.54, 1.807) is 12.4 Å². The fourth-order valence-electron chi connectivity index (χ4n) is 3.31. The Morgan fingerprint density at radius 1 is 1.19 bits per heavy atom. The zero-order valence-corrected chi connectivity index (χ0v) is 15.0. The van der Waals surface area contributed by atoms with Gasteiger partial charge in [0.05, 0.1) is 9.88 Å². The van der Waals surface area contributed by atoms with Gasteiger partial charge in [0.15, 0.2) is 0 Å². The van der Waals surface area contributed by atoms with Crippen LogP contribution in [-0.4, -0.2) is 16.8 Å². The molecule has 2 aromatic heterocycles. The van der Waals surface area contributed by atoms with Crippen LogP contribution in [0.25, 0.3) is 0 Å². The molecule has 3 aromatic rings. The highest BCUT2D eigenvalue weighted by atomic mass is 32.1. The monoisotopic (exact) mass is 363 g/mol. The maximum absolute atomic E-state index is 12.8. The van der Waals surface area contributed by atoms with Crippen LogP contribution in [-0.2, 0) is 4.79 Å². The van der Waals surface area contributed by atoms with Gasteiger partial charge in [0.25, 0.3) is 5.91 Å². The molecular weight excluding hydrogens is 346 g/mol. The number of hydrogen-bond donors (Lipinski definition) is 2. The zero-order valence-electron chi connectivity index (χ0n) is 14.2. The summed E-state index contributed by atoms with van der Waals surface area (Å²) in [6, 6.07) is 13.2. The summed E-state index contributed by atoms with van der Waals surface area (Å²) < 4.78 is 0. The van der Waals surface area contributed by atoms with E-state index in [-0.39, 0.29) is 17.7 Å². The summed E-state index contributed by atoms with van der Waals surface area (Å²) in [6.07, 6.45) is 3.83. The number of thiophene rings is 1. The molecule has 1 atom stereocenters. The summed E-state index contributed by atoms with van der Waals surface area (Å²) in [5, 5.41) is 6.61. The van der Waals surface area contributed by atoms with Gasteiger partial charge in [0, 0.05) is 30.4 Å². The summed E-state index contributed by atoms with van der Waals surface area (Å²) in [6.45, 7) is 1.95. The van der Waals surface area contributed by atoms with Crippen LogP contribution in [0.2, 0.25) is 0 Å². The number of nitrogens with zero attached hydrogens (tertiary/aromatic N) is 1. The Labute approximate surface area is 155 Å². The third-order valence-electron chi connectivity index (χ3n) is 4.53. The molecule has 1 aromatic carbocycles. The number of anilines is 2. The number of benzene rings is 1. The van der Waals surface area contributed by atoms with Crippen molar-refractivity contribution in [2.75, 3.05) is 10.6 Å². The number of para-hydroxylation sites is 1. The van der Waals surface area contributed by atoms with Crippen LogP contribution in [0.4, 0.5) is 10.7 Å². The molecule has 4 rings (SSSR count). The number of rotatable bonds is 3. The van der Waals surface area contributed by atoms with Crippen LogP contribution in [0.15, 0.2) is 54.9 Å². The number of hydrogen-bond acceptors (Lipinski definition) is 4. The van der Waals surface area contributed by atoms with Gasteiger partial charge in [-0.2, -0.15) is 0 Å². The molecular formula is C20H17N3O2S. The molecule has 0 radical (unpaired) electrons. The van der Waals surface area contributed by atoms with Crippen molar-refractivity contribution in [2.45, 2.75) is 19.3 Å². The third-order valence-corrected chi connectivity index (χ3v) is 5.75. The first kappa shape index (κ1) is 16.5. The molecule has 6 heteroatoms. The minimum atomic E-state index is -0.157. The lowest BCUT2D eigenvalue weighted by Crippen LogP contribution is -2.22. The number of aromatic nitrogens is 1. The predicted octanol–water partition coefficient (Wildman–Crippen LogP) is 4.18. The Kier molecular flexibility index (Phi) is 4.26. The van der Waals surface area contributed by atoms with Crippen LogP contribution in [0.3, 0.4) is 0 Å². The Morgan fingerprint density at radius 3 is 2.65 bits per heavy atom. The summed E-state index contributed by atoms with van der Waals surface area (Å²) in [4.78, 5) is 29.6. The maximum Gasteiger partial charge on any atom is 0.266 e. The molecule has 130 valence electrons. The molecule has 0 bridgehead atoms. The quantitative estimate of drug-likeness (QED) is 0.733. The van der Waals surface area contributed by atoms with Gasteiger partial charge in [0.2, 0.25) is 5.91 Å². The Morgan fingerprint density at radius 2 is 1.92 bits per heavy atom. The van der Waals surface area contributed by atoms with Crippen LogP contribution < -0.4 is 10.6 Å². The fourth-order valence-corrected chi connectivity index (χ4v) is 4.49. The van der Waals surface area contributed by atoms with Crippen molar-refractivity contribution in [2.24, 2.45) is 0 Å². The molecule has 0 aliphatic carbocycles. The Hall–Kier alpha value is -2.99. The van der Waals surface area contributed by atoms with Crippen LogP contribution >= 0.6 is 11.3 Å². The van der Waals surface area contributed by atoms with E-state index in [1.165, 1.54) is 11.3 Å². The van der Waals surface area contributed by atoms with Gasteiger partial charge in [0.1, 0.15) is 0 Å². The molecule has 26 heavy (non-hydrogen) atoms. The van der Waals surface area contributed by atoms with Crippen molar-refractivity contribution < 1.29 is 9.59 Å². The van der Waals surface area contributed by atoms with Gasteiger partial charge in [-0.05, 0) is 47.9 Å². The van der Waals surface area contributed by atoms with Crippen molar-refractivity contribution in [3.63, 3.8) is 0 Å². The highest BCUT2D eigenvalue weighted by Crippen LogP contribution is 2.45. The fraction of sp³-hybridized carbons (Fsp3) is 0.150. The summed E-state index contributed by atoms with van der Waals surface area (Å²) in [5.74, 6) is -0.248. The molecule has 2 N–H and O–H groups in total. The van der Waals surface area contributed by atoms with Gasteiger partial charge in [-0.15, -0.1) is 11.3 Å². The predicted molar refractivity (Wildman–Crippen MR) is 103 cm³/mol. The number of nitrogens with one attached hydrogen (secondary N) is 2. The van der Waals surface area contributed by atoms with E-state index in [9.17, 15) is 9.59 Å². The van der Waals surface area contributed by atoms with E-state index in [0.29, 0.717) is 11.3 Å². The molecule has 5 nitrogen and oxygen atoms in total. The molecule has 0 spiro atoms. The number of amides is 2. The summed E-state index contributed by atoms with van der Waals surface area (Å²) in [5.41, 5.74) is 3.73. The minimum absolute atomic E-state index is 0.0319. The average molecular weight is 363 g/mol. The lowest BCUT2D eigenvalue weighted by molar-refractivity contribution is -0.116. The van der Waals surface area contributed by atoms with Gasteiger partial charge in [-0.1, -0.05) is 18.2 Å². The molecule has 1 aliphatic heterocycles. The number of carbonyl (C=O) groups excluding carboxylic acids is 2. The van der Waals surface area contributed by atoms with Crippen molar-refractivity contribution in [1.82, 2.24) is 4.98 Å². The molecule has 0 saturated heterocycles. The second kappa shape index (κ2) is 6.72. The highest BCUT2D eigenvalue weighted by Gasteiger charge is 2.32. The zero-order chi connectivity index (χ0) is 18.1. The first-order valence-corrected chi connectivity index (χ1v) is 9.14. The molecule has 0 fully saturated rings. The normalized spacial score (nSPS) is 15.9. The SMILES string of the molecule is Cc1c(C(=O)Nc2ccccc2)sc2c1[C@H](c1ccncc1)CC(=O)N2. The topological polar surface area (TPSA) is 71.1 Å². The number of pyridine rings is 1. The largest absolute Gasteiger partial charge is 0.321 e. The lowest BCUT2D eigenvalue weighted by Gasteiger charge is -2.23. The molecule has 1 aliphatic rings. The van der Waals surface area contributed by atoms with Crippen LogP contribution in [0.1, 0.15) is 38.7 Å². The van der Waals surface area contributed by atoms with Crippen molar-refractivity contribution in [3.8, 4) is 0 Å². The highest BCUT2D eigenvalue weighted by molar-refractivity contribution is 7.18. The Bertz CT molecular complexity index is 967. The van der Waals surface area contributed by atoms with E-state index < -0.39 is 0 Å². The molecule has 3 heterocycles. The number of carbonyl (C=O) groups is 2. The van der Waals surface area contributed by atoms with E-state index in [2.05, 4.69) is 15.6 Å². The smallest absolute Gasteiger partial charge is 0.266 e. The average Bonchev–Trinajstić information content (AvgIpc) is 2.99. The third kappa shape index (κ3) is 2.99. The van der Waals surface area contributed by atoms with Crippen molar-refractivity contribution >= 4 is 33.8 Å². The number of fused-ring (bicyclic) bond motifs is 1. The van der Waals surface area contributed by atoms with E-state index in [1.807, 2.05) is 49.4 Å². The lowest BCUT2D eigenvalue weighted by atomic mass is 9.85. The standard InChI is InChI=1S/C20H17N3O2S/c1-12-17-15(13-7-9-21-10-8-13)11-16(24)23-20(17)26-18(12)19(25)22-14-5-3-2-4-6-14/h2-10,15H,11H2,1H3,(H,22,25)(H,23,24)/t15-/m0/s1. The second-order valence-electron chi connectivity index (χ2n) is 6.20. The van der Waals surface area contributed by atoms with Crippen molar-refractivity contribution in [1.29, 1.82) is 0 Å². The van der Waals surface area contributed by atoms with Crippen LogP contribution in [0.5, 0.6) is 0 Å². The summed E-state index contributed by atoms with van der Waals surface area (Å²) in [7, 11) is 0. The van der Waals surface area contributed by atoms with Crippen molar-refractivity contribution in [3.05, 3.63) is 76.4 Å². The van der Waals surface area contributed by atoms with Gasteiger partial charge in [-0.25, -0.2) is 0 Å². The Balaban J connectivity index is 1.72. The van der Waals surface area contributed by atoms with Gasteiger partial charge >= 0.3 is 0 Å². The first-order chi connectivity index (χ1) is 12.6. The minimum Gasteiger partial charge on any atom is -0.321 e. The van der Waals surface area contributed by atoms with E-state index in [4.69, 9.17) is 0 Å². The molecule has 2 amide bonds. The molecule has 0 saturated carbocycles. The molecule has 0 unspecified atom stereocenters. The van der Waals surface area contributed by atoms with Crippen LogP contribution in [0, 0.1) is 6.92 Å². The summed E-state index contributed by atoms with van der Waals surface area (Å²) >= 11 is 1.33. The second-order valence-corrected chi connectivity index (χ2v) is 7.23. The van der Waals surface area contributed by atoms with E-state index in [0.717, 1.165) is 27.4 Å². The van der Waals surface area contributed by atoms with Gasteiger partial charge in [-0.3, -0.25) is 14.6 Å². The van der Waals surface area contributed by atoms with Gasteiger partial charge < -0.3 is 10.6 Å². The maximum atomic E-state index is 12.8. The van der Waals surface area contributed by atoms with E-state index >= 15 is 0 Å². The first-order valence-electron chi connectivity index (χ1n) is 8.33.